The zero-order valence-corrected chi connectivity index (χ0v) is 31.4. The molecule has 12 rings (SSSR count). The average Bonchev–Trinajstić information content (AvgIpc) is 3.88. The van der Waals surface area contributed by atoms with Gasteiger partial charge in [-0.1, -0.05) is 206 Å². The highest BCUT2D eigenvalue weighted by atomic mass is 16.3. The van der Waals surface area contributed by atoms with Gasteiger partial charge in [-0.2, -0.15) is 0 Å². The first-order chi connectivity index (χ1) is 28.8. The van der Waals surface area contributed by atoms with Crippen LogP contribution in [0, 0.1) is 0 Å². The van der Waals surface area contributed by atoms with Crippen LogP contribution < -0.4 is 0 Å². The summed E-state index contributed by atoms with van der Waals surface area (Å²) in [6.45, 7) is 0. The number of fused-ring (bicyclic) bond motifs is 8. The molecule has 10 aromatic carbocycles. The monoisotopic (exact) mass is 738 g/mol. The Morgan fingerprint density at radius 1 is 0.172 bits per heavy atom. The predicted octanol–water partition coefficient (Wildman–Crippen LogP) is 16.1. The maximum absolute atomic E-state index is 7.03. The first kappa shape index (κ1) is 32.6. The Hall–Kier alpha value is -7.68. The van der Waals surface area contributed by atoms with Crippen molar-refractivity contribution in [3.8, 4) is 55.6 Å². The fourth-order valence-electron chi connectivity index (χ4n) is 9.32. The van der Waals surface area contributed by atoms with Gasteiger partial charge >= 0.3 is 0 Å². The van der Waals surface area contributed by atoms with Crippen LogP contribution in [-0.2, 0) is 0 Å². The molecule has 0 saturated carbocycles. The van der Waals surface area contributed by atoms with Crippen molar-refractivity contribution in [2.75, 3.05) is 0 Å². The Morgan fingerprint density at radius 3 is 0.776 bits per heavy atom. The lowest BCUT2D eigenvalue weighted by molar-refractivity contribution is 0.670. The van der Waals surface area contributed by atoms with E-state index in [1.54, 1.807) is 0 Å². The third-order valence-electron chi connectivity index (χ3n) is 11.9. The number of furan rings is 2. The SMILES string of the molecule is c1ccc(-c2cccc3c2oc2c(-c4cccc5ccccc45)cccc23)c(-c2ccccc2-c2cccc3c2oc2c(-c4cccc5ccccc45)cccc23)c1. The summed E-state index contributed by atoms with van der Waals surface area (Å²) in [5.74, 6) is 0. The largest absolute Gasteiger partial charge is 0.455 e. The molecule has 0 fully saturated rings. The van der Waals surface area contributed by atoms with E-state index in [2.05, 4.69) is 206 Å². The van der Waals surface area contributed by atoms with Crippen molar-refractivity contribution in [1.82, 2.24) is 0 Å². The van der Waals surface area contributed by atoms with Crippen LogP contribution in [0.25, 0.3) is 121 Å². The van der Waals surface area contributed by atoms with Crippen molar-refractivity contribution in [1.29, 1.82) is 0 Å². The molecule has 0 N–H and O–H groups in total. The molecule has 0 aliphatic rings. The molecule has 2 heteroatoms. The second-order valence-corrected chi connectivity index (χ2v) is 15.1. The summed E-state index contributed by atoms with van der Waals surface area (Å²) >= 11 is 0. The molecule has 58 heavy (non-hydrogen) atoms. The van der Waals surface area contributed by atoms with E-state index in [9.17, 15) is 0 Å². The molecule has 0 aliphatic heterocycles. The van der Waals surface area contributed by atoms with Gasteiger partial charge in [-0.3, -0.25) is 0 Å². The third kappa shape index (κ3) is 4.92. The Balaban J connectivity index is 1.04. The number of rotatable bonds is 5. The normalized spacial score (nSPS) is 11.8. The van der Waals surface area contributed by atoms with E-state index < -0.39 is 0 Å². The molecule has 12 aromatic rings. The van der Waals surface area contributed by atoms with Crippen LogP contribution in [0.15, 0.2) is 215 Å². The summed E-state index contributed by atoms with van der Waals surface area (Å²) in [6.07, 6.45) is 0. The van der Waals surface area contributed by atoms with E-state index in [1.807, 2.05) is 0 Å². The zero-order chi connectivity index (χ0) is 38.2. The van der Waals surface area contributed by atoms with Crippen LogP contribution in [0.4, 0.5) is 0 Å². The third-order valence-corrected chi connectivity index (χ3v) is 11.9. The molecule has 2 heterocycles. The summed E-state index contributed by atoms with van der Waals surface area (Å²) < 4.78 is 14.1. The molecule has 0 saturated heterocycles. The van der Waals surface area contributed by atoms with Gasteiger partial charge in [0.05, 0.1) is 0 Å². The average molecular weight is 739 g/mol. The van der Waals surface area contributed by atoms with E-state index in [1.165, 1.54) is 32.7 Å². The van der Waals surface area contributed by atoms with Crippen molar-refractivity contribution < 1.29 is 8.83 Å². The van der Waals surface area contributed by atoms with E-state index in [-0.39, 0.29) is 0 Å². The topological polar surface area (TPSA) is 26.3 Å². The second kappa shape index (κ2) is 12.9. The molecule has 2 nitrogen and oxygen atoms in total. The van der Waals surface area contributed by atoms with Gasteiger partial charge in [-0.05, 0) is 54.9 Å². The van der Waals surface area contributed by atoms with Crippen LogP contribution in [0.1, 0.15) is 0 Å². The maximum Gasteiger partial charge on any atom is 0.143 e. The minimum absolute atomic E-state index is 0.885. The summed E-state index contributed by atoms with van der Waals surface area (Å²) in [5.41, 5.74) is 14.7. The first-order valence-electron chi connectivity index (χ1n) is 19.8. The molecule has 0 aliphatic carbocycles. The van der Waals surface area contributed by atoms with Crippen LogP contribution in [-0.4, -0.2) is 0 Å². The van der Waals surface area contributed by atoms with Crippen molar-refractivity contribution >= 4 is 65.4 Å². The van der Waals surface area contributed by atoms with Gasteiger partial charge in [0.2, 0.25) is 0 Å². The number of hydrogen-bond donors (Lipinski definition) is 0. The molecule has 270 valence electrons. The van der Waals surface area contributed by atoms with Crippen LogP contribution >= 0.6 is 0 Å². The van der Waals surface area contributed by atoms with Gasteiger partial charge in [-0.15, -0.1) is 0 Å². The molecule has 0 radical (unpaired) electrons. The molecule has 0 atom stereocenters. The smallest absolute Gasteiger partial charge is 0.143 e. The van der Waals surface area contributed by atoms with Crippen molar-refractivity contribution in [3.05, 3.63) is 206 Å². The summed E-state index contributed by atoms with van der Waals surface area (Å²) in [5, 5.41) is 9.28. The summed E-state index contributed by atoms with van der Waals surface area (Å²) in [4.78, 5) is 0. The molecule has 2 aromatic heterocycles. The minimum atomic E-state index is 0.885. The lowest BCUT2D eigenvalue weighted by Crippen LogP contribution is -1.89. The number of benzene rings is 10. The Labute approximate surface area is 334 Å². The van der Waals surface area contributed by atoms with Gasteiger partial charge in [0.1, 0.15) is 22.3 Å². The van der Waals surface area contributed by atoms with Gasteiger partial charge in [0.25, 0.3) is 0 Å². The molecule has 0 amide bonds. The van der Waals surface area contributed by atoms with Crippen molar-refractivity contribution in [2.45, 2.75) is 0 Å². The quantitative estimate of drug-likeness (QED) is 0.176. The maximum atomic E-state index is 7.03. The summed E-state index contributed by atoms with van der Waals surface area (Å²) in [6, 6.07) is 73.6. The molecule has 0 spiro atoms. The van der Waals surface area contributed by atoms with Crippen LogP contribution in [0.3, 0.4) is 0 Å². The highest BCUT2D eigenvalue weighted by molar-refractivity contribution is 6.17. The van der Waals surface area contributed by atoms with Gasteiger partial charge in [0.15, 0.2) is 0 Å². The zero-order valence-electron chi connectivity index (χ0n) is 31.4. The van der Waals surface area contributed by atoms with E-state index >= 15 is 0 Å². The van der Waals surface area contributed by atoms with Gasteiger partial charge in [0, 0.05) is 43.8 Å². The second-order valence-electron chi connectivity index (χ2n) is 15.1. The van der Waals surface area contributed by atoms with E-state index in [0.29, 0.717) is 0 Å². The Bertz CT molecular complexity index is 3330. The van der Waals surface area contributed by atoms with E-state index in [4.69, 9.17) is 8.83 Å². The highest BCUT2D eigenvalue weighted by Gasteiger charge is 2.22. The number of para-hydroxylation sites is 4. The molecule has 0 bridgehead atoms. The predicted molar refractivity (Wildman–Crippen MR) is 243 cm³/mol. The fourth-order valence-corrected chi connectivity index (χ4v) is 9.32. The first-order valence-corrected chi connectivity index (χ1v) is 19.8. The summed E-state index contributed by atoms with van der Waals surface area (Å²) in [7, 11) is 0. The Kier molecular flexibility index (Phi) is 7.26. The number of hydrogen-bond acceptors (Lipinski definition) is 2. The van der Waals surface area contributed by atoms with Crippen LogP contribution in [0.2, 0.25) is 0 Å². The molecular formula is C56H34O2. The molecule has 0 unspecified atom stereocenters. The van der Waals surface area contributed by atoms with Gasteiger partial charge in [-0.25, -0.2) is 0 Å². The van der Waals surface area contributed by atoms with Crippen molar-refractivity contribution in [3.63, 3.8) is 0 Å². The fraction of sp³-hybridized carbons (Fsp3) is 0. The molecular weight excluding hydrogens is 705 g/mol. The highest BCUT2D eigenvalue weighted by Crippen LogP contribution is 2.47. The standard InChI is InChI=1S/C56H34O2/c1-3-19-37-35(15-1)17-9-25-39(37)45-27-11-31-49-51-33-13-29-47(55(51)57-53(45)49)43-23-7-5-21-41(43)42-22-6-8-24-44(42)48-30-14-34-52-50-32-12-28-46(54(50)58-56(48)52)40-26-10-18-36-16-2-4-20-38(36)40/h1-34H. The van der Waals surface area contributed by atoms with Crippen LogP contribution in [0.5, 0.6) is 0 Å². The van der Waals surface area contributed by atoms with E-state index in [0.717, 1.165) is 88.4 Å². The Morgan fingerprint density at radius 2 is 0.397 bits per heavy atom. The minimum Gasteiger partial charge on any atom is -0.455 e. The lowest BCUT2D eigenvalue weighted by atomic mass is 9.88. The lowest BCUT2D eigenvalue weighted by Gasteiger charge is -2.15. The van der Waals surface area contributed by atoms with Gasteiger partial charge < -0.3 is 8.83 Å². The van der Waals surface area contributed by atoms with Crippen molar-refractivity contribution in [2.24, 2.45) is 0 Å².